The van der Waals surface area contributed by atoms with Crippen molar-refractivity contribution in [1.29, 1.82) is 0 Å². The molecule has 1 aromatic rings. The summed E-state index contributed by atoms with van der Waals surface area (Å²) in [7, 11) is 0. The Morgan fingerprint density at radius 1 is 1.20 bits per heavy atom. The quantitative estimate of drug-likeness (QED) is 0.204. The minimum atomic E-state index is -0.787. The molecule has 218 valence electrons. The molecular weight excluding hydrogens is 524 g/mol. The lowest BCUT2D eigenvalue weighted by atomic mass is 9.66. The number of benzene rings is 1. The number of aliphatic hydroxyl groups excluding tert-OH is 1. The molecule has 3 heterocycles. The molecule has 8 heteroatoms. The molecular formula is C32H44N2O5S. The minimum absolute atomic E-state index is 0.102. The Morgan fingerprint density at radius 3 is 2.55 bits per heavy atom. The number of thioether (sulfide) groups is 1. The van der Waals surface area contributed by atoms with Crippen molar-refractivity contribution in [2.24, 2.45) is 11.8 Å². The van der Waals surface area contributed by atoms with Crippen LogP contribution in [0, 0.1) is 11.8 Å². The van der Waals surface area contributed by atoms with Crippen LogP contribution in [0.5, 0.6) is 0 Å². The van der Waals surface area contributed by atoms with Crippen LogP contribution in [0.1, 0.15) is 58.4 Å². The zero-order valence-corrected chi connectivity index (χ0v) is 24.9. The Labute approximate surface area is 243 Å². The van der Waals surface area contributed by atoms with E-state index in [1.165, 1.54) is 0 Å². The van der Waals surface area contributed by atoms with Crippen molar-refractivity contribution in [3.05, 3.63) is 61.2 Å². The summed E-state index contributed by atoms with van der Waals surface area (Å²) >= 11 is 1.63. The minimum Gasteiger partial charge on any atom is -0.465 e. The van der Waals surface area contributed by atoms with Gasteiger partial charge in [-0.2, -0.15) is 0 Å². The molecule has 3 aliphatic heterocycles. The summed E-state index contributed by atoms with van der Waals surface area (Å²) in [5.74, 6) is -2.03. The van der Waals surface area contributed by atoms with E-state index in [1.54, 1.807) is 27.6 Å². The topological polar surface area (TPSA) is 87.1 Å². The van der Waals surface area contributed by atoms with E-state index in [4.69, 9.17) is 4.74 Å². The van der Waals surface area contributed by atoms with Crippen molar-refractivity contribution in [2.75, 3.05) is 19.8 Å². The zero-order valence-electron chi connectivity index (χ0n) is 24.1. The Kier molecular flexibility index (Phi) is 9.51. The Morgan fingerprint density at radius 2 is 1.93 bits per heavy atom. The number of fused-ring (bicyclic) bond motifs is 1. The van der Waals surface area contributed by atoms with Gasteiger partial charge in [-0.15, -0.1) is 24.9 Å². The number of hydrogen-bond donors (Lipinski definition) is 1. The number of likely N-dealkylation sites (tertiary alicyclic amines) is 1. The molecule has 1 spiro atoms. The van der Waals surface area contributed by atoms with Crippen molar-refractivity contribution in [1.82, 2.24) is 9.80 Å². The van der Waals surface area contributed by atoms with E-state index in [9.17, 15) is 19.5 Å². The summed E-state index contributed by atoms with van der Waals surface area (Å²) in [4.78, 5) is 46.0. The van der Waals surface area contributed by atoms with Crippen LogP contribution in [0.25, 0.3) is 0 Å². The van der Waals surface area contributed by atoms with Crippen molar-refractivity contribution in [3.8, 4) is 0 Å². The highest BCUT2D eigenvalue weighted by molar-refractivity contribution is 8.02. The van der Waals surface area contributed by atoms with E-state index in [0.29, 0.717) is 26.0 Å². The standard InChI is InChI=1S/C32H44N2O5S/c1-6-8-9-13-19-39-30(38)26-25-28(36)34(24(21-35)20-23-14-11-10-12-15-23)27(29(37)33(18-7-2)22(3)4)32(25)17-16-31(26,5)40-32/h6-7,10-12,14-15,22,24-27,35H,1-2,8-9,13,16-21H2,3-5H3/t24-,25+,26+,27?,31-,32?/m1/s1. The molecule has 3 aliphatic rings. The Balaban J connectivity index is 1.73. The normalized spacial score (nSPS) is 29.4. The maximum atomic E-state index is 14.5. The first kappa shape index (κ1) is 30.4. The van der Waals surface area contributed by atoms with E-state index >= 15 is 0 Å². The van der Waals surface area contributed by atoms with Gasteiger partial charge in [-0.25, -0.2) is 0 Å². The Bertz CT molecular complexity index is 1110. The number of amides is 2. The van der Waals surface area contributed by atoms with Gasteiger partial charge in [-0.05, 0) is 64.9 Å². The van der Waals surface area contributed by atoms with Gasteiger partial charge < -0.3 is 19.6 Å². The van der Waals surface area contributed by atoms with Crippen LogP contribution in [0.15, 0.2) is 55.6 Å². The van der Waals surface area contributed by atoms with Crippen molar-refractivity contribution in [3.63, 3.8) is 0 Å². The molecule has 2 amide bonds. The number of allylic oxidation sites excluding steroid dienone is 1. The number of nitrogens with zero attached hydrogens (tertiary/aromatic N) is 2. The molecule has 1 aromatic carbocycles. The number of ether oxygens (including phenoxy) is 1. The third-order valence-corrected chi connectivity index (χ3v) is 10.9. The number of rotatable bonds is 14. The maximum Gasteiger partial charge on any atom is 0.311 e. The maximum absolute atomic E-state index is 14.5. The lowest BCUT2D eigenvalue weighted by molar-refractivity contribution is -0.156. The van der Waals surface area contributed by atoms with Gasteiger partial charge in [0.15, 0.2) is 0 Å². The molecule has 3 fully saturated rings. The molecule has 40 heavy (non-hydrogen) atoms. The Hall–Kier alpha value is -2.58. The second-order valence-electron chi connectivity index (χ2n) is 11.8. The summed E-state index contributed by atoms with van der Waals surface area (Å²) in [6.07, 6.45) is 7.83. The summed E-state index contributed by atoms with van der Waals surface area (Å²) < 4.78 is 4.52. The van der Waals surface area contributed by atoms with Crippen LogP contribution >= 0.6 is 11.8 Å². The van der Waals surface area contributed by atoms with Gasteiger partial charge in [-0.1, -0.05) is 42.5 Å². The van der Waals surface area contributed by atoms with Gasteiger partial charge in [0.2, 0.25) is 11.8 Å². The largest absolute Gasteiger partial charge is 0.465 e. The van der Waals surface area contributed by atoms with Crippen LogP contribution < -0.4 is 0 Å². The molecule has 2 unspecified atom stereocenters. The zero-order chi connectivity index (χ0) is 29.1. The van der Waals surface area contributed by atoms with Gasteiger partial charge >= 0.3 is 5.97 Å². The van der Waals surface area contributed by atoms with Crippen LogP contribution in [0.4, 0.5) is 0 Å². The fraction of sp³-hybridized carbons (Fsp3) is 0.594. The van der Waals surface area contributed by atoms with Gasteiger partial charge in [0.25, 0.3) is 0 Å². The van der Waals surface area contributed by atoms with Crippen molar-refractivity contribution < 1.29 is 24.2 Å². The summed E-state index contributed by atoms with van der Waals surface area (Å²) in [6.45, 7) is 13.9. The van der Waals surface area contributed by atoms with Gasteiger partial charge in [-0.3, -0.25) is 14.4 Å². The first-order valence-corrected chi connectivity index (χ1v) is 15.3. The van der Waals surface area contributed by atoms with Crippen LogP contribution in [0.3, 0.4) is 0 Å². The van der Waals surface area contributed by atoms with Crippen LogP contribution in [-0.4, -0.2) is 80.1 Å². The molecule has 0 radical (unpaired) electrons. The molecule has 0 saturated carbocycles. The van der Waals surface area contributed by atoms with Crippen molar-refractivity contribution in [2.45, 2.75) is 86.9 Å². The molecule has 2 bridgehead atoms. The van der Waals surface area contributed by atoms with Gasteiger partial charge in [0.05, 0.1) is 35.8 Å². The van der Waals surface area contributed by atoms with Crippen LogP contribution in [-0.2, 0) is 25.5 Å². The highest BCUT2D eigenvalue weighted by atomic mass is 32.2. The third kappa shape index (κ3) is 5.37. The molecule has 1 N–H and O–H groups in total. The number of aliphatic hydroxyl groups is 1. The molecule has 6 atom stereocenters. The summed E-state index contributed by atoms with van der Waals surface area (Å²) in [5.41, 5.74) is 0.973. The average molecular weight is 569 g/mol. The average Bonchev–Trinajstić information content (AvgIpc) is 3.51. The lowest BCUT2D eigenvalue weighted by Crippen LogP contribution is -2.58. The molecule has 0 aromatic heterocycles. The predicted molar refractivity (Wildman–Crippen MR) is 159 cm³/mol. The smallest absolute Gasteiger partial charge is 0.311 e. The molecule has 3 saturated heterocycles. The number of esters is 1. The highest BCUT2D eigenvalue weighted by Crippen LogP contribution is 2.71. The SMILES string of the molecule is C=CCCCCOC(=O)[C@@H]1[C@H]2C(=O)N([C@@H](CO)Cc3ccccc3)C(C(=O)N(CC=C)C(C)C)C23CC[C@@]1(C)S3. The van der Waals surface area contributed by atoms with Gasteiger partial charge in [0.1, 0.15) is 6.04 Å². The first-order valence-electron chi connectivity index (χ1n) is 14.5. The van der Waals surface area contributed by atoms with E-state index in [0.717, 1.165) is 31.2 Å². The highest BCUT2D eigenvalue weighted by Gasteiger charge is 2.78. The second kappa shape index (κ2) is 12.5. The molecule has 0 aliphatic carbocycles. The number of unbranched alkanes of at least 4 members (excludes halogenated alkanes) is 2. The molecule has 4 rings (SSSR count). The summed E-state index contributed by atoms with van der Waals surface area (Å²) in [6, 6.07) is 8.22. The number of carbonyl (C=O) groups excluding carboxylic acids is 3. The van der Waals surface area contributed by atoms with Crippen LogP contribution in [0.2, 0.25) is 0 Å². The number of hydrogen-bond acceptors (Lipinski definition) is 6. The fourth-order valence-corrected chi connectivity index (χ4v) is 9.36. The number of carbonyl (C=O) groups is 3. The first-order chi connectivity index (χ1) is 19.1. The second-order valence-corrected chi connectivity index (χ2v) is 13.7. The van der Waals surface area contributed by atoms with E-state index in [-0.39, 0.29) is 30.4 Å². The summed E-state index contributed by atoms with van der Waals surface area (Å²) in [5, 5.41) is 10.6. The fourth-order valence-electron chi connectivity index (χ4n) is 7.04. The van der Waals surface area contributed by atoms with E-state index in [2.05, 4.69) is 13.2 Å². The van der Waals surface area contributed by atoms with E-state index < -0.39 is 33.4 Å². The van der Waals surface area contributed by atoms with Gasteiger partial charge in [0, 0.05) is 17.3 Å². The lowest BCUT2D eigenvalue weighted by Gasteiger charge is -2.40. The monoisotopic (exact) mass is 568 g/mol. The predicted octanol–water partition coefficient (Wildman–Crippen LogP) is 4.39. The van der Waals surface area contributed by atoms with E-state index in [1.807, 2.05) is 57.2 Å². The third-order valence-electron chi connectivity index (χ3n) is 8.90. The van der Waals surface area contributed by atoms with Crippen molar-refractivity contribution >= 4 is 29.5 Å². The molecule has 7 nitrogen and oxygen atoms in total.